The molecule has 1 amide bonds. The van der Waals surface area contributed by atoms with Crippen molar-refractivity contribution in [2.45, 2.75) is 26.9 Å². The second kappa shape index (κ2) is 9.14. The van der Waals surface area contributed by atoms with E-state index in [-0.39, 0.29) is 6.61 Å². The standard InChI is InChI=1S/C20H20BrNO2/c1-15-12-18(21)13-16(2)19(15)10-6-7-11-22-20(23)24-14-17-8-4-3-5-9-17/h3-5,8-9,12-13H,7,11,14H2,1-2H3,(H,22,23). The minimum absolute atomic E-state index is 0.273. The van der Waals surface area contributed by atoms with E-state index in [0.717, 1.165) is 26.7 Å². The number of carbonyl (C=O) groups is 1. The van der Waals surface area contributed by atoms with Crippen LogP contribution in [0, 0.1) is 25.7 Å². The van der Waals surface area contributed by atoms with Gasteiger partial charge in [0.2, 0.25) is 0 Å². The summed E-state index contributed by atoms with van der Waals surface area (Å²) in [5, 5.41) is 2.71. The van der Waals surface area contributed by atoms with Crippen LogP contribution in [-0.2, 0) is 11.3 Å². The molecule has 0 saturated heterocycles. The first-order valence-electron chi connectivity index (χ1n) is 7.76. The molecule has 0 radical (unpaired) electrons. The number of rotatable bonds is 4. The van der Waals surface area contributed by atoms with Crippen LogP contribution in [-0.4, -0.2) is 12.6 Å². The Hall–Kier alpha value is -2.25. The topological polar surface area (TPSA) is 38.3 Å². The van der Waals surface area contributed by atoms with E-state index in [2.05, 4.69) is 45.2 Å². The molecule has 3 nitrogen and oxygen atoms in total. The van der Waals surface area contributed by atoms with Gasteiger partial charge >= 0.3 is 6.09 Å². The summed E-state index contributed by atoms with van der Waals surface area (Å²) in [6, 6.07) is 13.7. The van der Waals surface area contributed by atoms with E-state index in [1.165, 1.54) is 0 Å². The second-order valence-electron chi connectivity index (χ2n) is 5.45. The predicted molar refractivity (Wildman–Crippen MR) is 99.7 cm³/mol. The van der Waals surface area contributed by atoms with Crippen LogP contribution in [0.5, 0.6) is 0 Å². The average Bonchev–Trinajstić information content (AvgIpc) is 2.55. The van der Waals surface area contributed by atoms with Crippen molar-refractivity contribution in [2.24, 2.45) is 0 Å². The summed E-state index contributed by atoms with van der Waals surface area (Å²) >= 11 is 3.48. The van der Waals surface area contributed by atoms with E-state index >= 15 is 0 Å². The fourth-order valence-corrected chi connectivity index (χ4v) is 2.95. The highest BCUT2D eigenvalue weighted by atomic mass is 79.9. The zero-order chi connectivity index (χ0) is 17.4. The van der Waals surface area contributed by atoms with Gasteiger partial charge in [-0.2, -0.15) is 0 Å². The van der Waals surface area contributed by atoms with Crippen molar-refractivity contribution in [3.05, 3.63) is 69.2 Å². The Kier molecular flexibility index (Phi) is 6.89. The number of aryl methyl sites for hydroxylation is 2. The molecular weight excluding hydrogens is 366 g/mol. The fraction of sp³-hybridized carbons (Fsp3) is 0.250. The first-order chi connectivity index (χ1) is 11.6. The van der Waals surface area contributed by atoms with E-state index < -0.39 is 6.09 Å². The lowest BCUT2D eigenvalue weighted by Crippen LogP contribution is -2.24. The summed E-state index contributed by atoms with van der Waals surface area (Å²) in [4.78, 5) is 11.6. The van der Waals surface area contributed by atoms with Crippen LogP contribution in [0.4, 0.5) is 4.79 Å². The minimum Gasteiger partial charge on any atom is -0.445 e. The molecule has 0 aliphatic heterocycles. The highest BCUT2D eigenvalue weighted by molar-refractivity contribution is 9.10. The summed E-state index contributed by atoms with van der Waals surface area (Å²) in [5.41, 5.74) is 4.30. The third kappa shape index (κ3) is 5.75. The number of amides is 1. The molecule has 2 aromatic carbocycles. The van der Waals surface area contributed by atoms with Crippen LogP contribution in [0.1, 0.15) is 28.7 Å². The molecule has 0 fully saturated rings. The number of nitrogens with one attached hydrogen (secondary N) is 1. The van der Waals surface area contributed by atoms with Crippen LogP contribution in [0.3, 0.4) is 0 Å². The van der Waals surface area contributed by atoms with Crippen LogP contribution in [0.15, 0.2) is 46.9 Å². The molecule has 0 aliphatic rings. The molecule has 2 rings (SSSR count). The highest BCUT2D eigenvalue weighted by Gasteiger charge is 2.02. The zero-order valence-electron chi connectivity index (χ0n) is 13.9. The third-order valence-electron chi connectivity index (χ3n) is 3.44. The smallest absolute Gasteiger partial charge is 0.407 e. The molecule has 24 heavy (non-hydrogen) atoms. The molecule has 0 bridgehead atoms. The SMILES string of the molecule is Cc1cc(Br)cc(C)c1C#CCCNC(=O)OCc1ccccc1. The van der Waals surface area contributed by atoms with Crippen LogP contribution in [0.2, 0.25) is 0 Å². The monoisotopic (exact) mass is 385 g/mol. The number of alkyl carbamates (subject to hydrolysis) is 1. The van der Waals surface area contributed by atoms with Gasteiger partial charge in [0.15, 0.2) is 0 Å². The van der Waals surface area contributed by atoms with Gasteiger partial charge < -0.3 is 10.1 Å². The van der Waals surface area contributed by atoms with Crippen molar-refractivity contribution >= 4 is 22.0 Å². The van der Waals surface area contributed by atoms with Gasteiger partial charge in [0.25, 0.3) is 0 Å². The first-order valence-corrected chi connectivity index (χ1v) is 8.55. The van der Waals surface area contributed by atoms with Crippen LogP contribution in [0.25, 0.3) is 0 Å². The third-order valence-corrected chi connectivity index (χ3v) is 3.90. The van der Waals surface area contributed by atoms with Crippen molar-refractivity contribution < 1.29 is 9.53 Å². The van der Waals surface area contributed by atoms with Gasteiger partial charge in [0.1, 0.15) is 6.61 Å². The number of carbonyl (C=O) groups excluding carboxylic acids is 1. The van der Waals surface area contributed by atoms with Crippen molar-refractivity contribution in [1.82, 2.24) is 5.32 Å². The Morgan fingerprint density at radius 1 is 1.17 bits per heavy atom. The van der Waals surface area contributed by atoms with Crippen LogP contribution < -0.4 is 5.32 Å². The number of ether oxygens (including phenoxy) is 1. The van der Waals surface area contributed by atoms with Gasteiger partial charge in [-0.15, -0.1) is 0 Å². The number of halogens is 1. The van der Waals surface area contributed by atoms with Crippen molar-refractivity contribution in [3.63, 3.8) is 0 Å². The summed E-state index contributed by atoms with van der Waals surface area (Å²) in [6.45, 7) is 4.83. The number of benzene rings is 2. The summed E-state index contributed by atoms with van der Waals surface area (Å²) < 4.78 is 6.20. The Balaban J connectivity index is 1.74. The molecule has 0 aliphatic carbocycles. The minimum atomic E-state index is -0.420. The van der Waals surface area contributed by atoms with Gasteiger partial charge in [0.05, 0.1) is 0 Å². The Morgan fingerprint density at radius 2 is 1.83 bits per heavy atom. The lowest BCUT2D eigenvalue weighted by atomic mass is 10.0. The Labute approximate surface area is 151 Å². The molecule has 124 valence electrons. The molecule has 1 N–H and O–H groups in total. The molecule has 0 heterocycles. The predicted octanol–water partition coefficient (Wildman–Crippen LogP) is 4.73. The van der Waals surface area contributed by atoms with E-state index in [0.29, 0.717) is 13.0 Å². The van der Waals surface area contributed by atoms with E-state index in [1.807, 2.05) is 44.2 Å². The Morgan fingerprint density at radius 3 is 2.50 bits per heavy atom. The lowest BCUT2D eigenvalue weighted by Gasteiger charge is -2.06. The van der Waals surface area contributed by atoms with E-state index in [9.17, 15) is 4.79 Å². The summed E-state index contributed by atoms with van der Waals surface area (Å²) in [7, 11) is 0. The first kappa shape index (κ1) is 18.1. The molecule has 0 spiro atoms. The maximum atomic E-state index is 11.6. The second-order valence-corrected chi connectivity index (χ2v) is 6.37. The number of hydrogen-bond acceptors (Lipinski definition) is 2. The van der Waals surface area contributed by atoms with Crippen molar-refractivity contribution in [1.29, 1.82) is 0 Å². The fourth-order valence-electron chi connectivity index (χ4n) is 2.26. The van der Waals surface area contributed by atoms with Gasteiger partial charge in [0, 0.05) is 23.0 Å². The van der Waals surface area contributed by atoms with E-state index in [4.69, 9.17) is 4.74 Å². The molecule has 4 heteroatoms. The molecular formula is C20H20BrNO2. The molecule has 2 aromatic rings. The average molecular weight is 386 g/mol. The Bertz CT molecular complexity index is 737. The lowest BCUT2D eigenvalue weighted by molar-refractivity contribution is 0.140. The zero-order valence-corrected chi connectivity index (χ0v) is 15.4. The molecule has 0 atom stereocenters. The summed E-state index contributed by atoms with van der Waals surface area (Å²) in [5.74, 6) is 6.27. The largest absolute Gasteiger partial charge is 0.445 e. The quantitative estimate of drug-likeness (QED) is 0.609. The highest BCUT2D eigenvalue weighted by Crippen LogP contribution is 2.19. The maximum Gasteiger partial charge on any atom is 0.407 e. The van der Waals surface area contributed by atoms with Crippen LogP contribution >= 0.6 is 15.9 Å². The maximum absolute atomic E-state index is 11.6. The molecule has 0 saturated carbocycles. The molecule has 0 aromatic heterocycles. The van der Waals surface area contributed by atoms with E-state index in [1.54, 1.807) is 0 Å². The summed E-state index contributed by atoms with van der Waals surface area (Å²) in [6.07, 6.45) is 0.159. The van der Waals surface area contributed by atoms with Crippen molar-refractivity contribution in [2.75, 3.05) is 6.54 Å². The number of hydrogen-bond donors (Lipinski definition) is 1. The van der Waals surface area contributed by atoms with Gasteiger partial charge in [-0.05, 0) is 42.7 Å². The molecule has 0 unspecified atom stereocenters. The van der Waals surface area contributed by atoms with Crippen molar-refractivity contribution in [3.8, 4) is 11.8 Å². The van der Waals surface area contributed by atoms with Gasteiger partial charge in [-0.25, -0.2) is 4.79 Å². The van der Waals surface area contributed by atoms with Gasteiger partial charge in [-0.1, -0.05) is 58.1 Å². The van der Waals surface area contributed by atoms with Gasteiger partial charge in [-0.3, -0.25) is 0 Å². The normalized spacial score (nSPS) is 9.79.